The summed E-state index contributed by atoms with van der Waals surface area (Å²) >= 11 is 0. The molecular weight excluding hydrogens is 312 g/mol. The predicted molar refractivity (Wildman–Crippen MR) is 77.3 cm³/mol. The summed E-state index contributed by atoms with van der Waals surface area (Å²) in [5.41, 5.74) is 5.00. The van der Waals surface area contributed by atoms with Crippen LogP contribution in [0.5, 0.6) is 11.5 Å². The van der Waals surface area contributed by atoms with Crippen LogP contribution >= 0.6 is 0 Å². The van der Waals surface area contributed by atoms with E-state index in [2.05, 4.69) is 5.32 Å². The van der Waals surface area contributed by atoms with Crippen molar-refractivity contribution in [3.8, 4) is 11.5 Å². The summed E-state index contributed by atoms with van der Waals surface area (Å²) in [5.74, 6) is -5.15. The molecule has 7 nitrogen and oxygen atoms in total. The maximum atomic E-state index is 14.2. The van der Waals surface area contributed by atoms with Gasteiger partial charge in [-0.3, -0.25) is 4.90 Å². The molecule has 2 atom stereocenters. The number of carbonyl (C=O) groups excluding carboxylic acids is 1. The molecule has 1 heterocycles. The molecule has 0 aliphatic carbocycles. The third kappa shape index (κ3) is 3.62. The first-order chi connectivity index (χ1) is 10.8. The van der Waals surface area contributed by atoms with E-state index in [9.17, 15) is 23.8 Å². The van der Waals surface area contributed by atoms with Crippen LogP contribution < -0.4 is 11.1 Å². The van der Waals surface area contributed by atoms with E-state index in [1.54, 1.807) is 7.11 Å². The van der Waals surface area contributed by atoms with Crippen molar-refractivity contribution < 1.29 is 28.5 Å². The number of urea groups is 1. The van der Waals surface area contributed by atoms with Gasteiger partial charge in [0.2, 0.25) is 0 Å². The lowest BCUT2D eigenvalue weighted by molar-refractivity contribution is 0.159. The van der Waals surface area contributed by atoms with E-state index in [0.29, 0.717) is 26.2 Å². The van der Waals surface area contributed by atoms with Gasteiger partial charge in [0.25, 0.3) is 0 Å². The molecule has 23 heavy (non-hydrogen) atoms. The number of amides is 2. The van der Waals surface area contributed by atoms with E-state index in [0.717, 1.165) is 6.07 Å². The van der Waals surface area contributed by atoms with Crippen LogP contribution in [0.4, 0.5) is 13.6 Å². The molecule has 1 aromatic carbocycles. The fourth-order valence-corrected chi connectivity index (χ4v) is 2.82. The minimum Gasteiger partial charge on any atom is -0.502 e. The lowest BCUT2D eigenvalue weighted by Crippen LogP contribution is -2.43. The van der Waals surface area contributed by atoms with Gasteiger partial charge in [0.15, 0.2) is 23.1 Å². The molecule has 0 aromatic heterocycles. The number of likely N-dealkylation sites (tertiary alicyclic amines) is 1. The molecule has 1 aliphatic rings. The second-order valence-corrected chi connectivity index (χ2v) is 5.43. The van der Waals surface area contributed by atoms with Crippen molar-refractivity contribution in [1.82, 2.24) is 10.2 Å². The van der Waals surface area contributed by atoms with Crippen molar-refractivity contribution in [2.75, 3.05) is 33.4 Å². The number of nitrogens with one attached hydrogen (secondary N) is 1. The average molecular weight is 331 g/mol. The van der Waals surface area contributed by atoms with Crippen molar-refractivity contribution in [3.63, 3.8) is 0 Å². The smallest absolute Gasteiger partial charge is 0.312 e. The Bertz CT molecular complexity index is 600. The fraction of sp³-hybridized carbons (Fsp3) is 0.500. The molecule has 1 fully saturated rings. The number of phenolic OH excluding ortho intramolecular Hbond substituents is 2. The lowest BCUT2D eigenvalue weighted by Gasteiger charge is -2.20. The standard InChI is InChI=1S/C14H19F2N3O4/c1-23-3-2-19-5-8(10(6-19)18-14(17)22)7-4-9(15)12(20)13(21)11(7)16/h4,8,10,20-21H,2-3,5-6H2,1H3,(H3,17,18,22)/t8-,10+/m0/s1. The number of hydrogen-bond donors (Lipinski definition) is 4. The molecule has 1 saturated heterocycles. The zero-order valence-corrected chi connectivity index (χ0v) is 12.6. The van der Waals surface area contributed by atoms with Crippen LogP contribution in [-0.4, -0.2) is 60.5 Å². The van der Waals surface area contributed by atoms with Crippen molar-refractivity contribution >= 4 is 6.03 Å². The molecule has 2 amide bonds. The molecule has 1 aromatic rings. The van der Waals surface area contributed by atoms with Crippen LogP contribution in [0.25, 0.3) is 0 Å². The number of aromatic hydroxyl groups is 2. The second kappa shape index (κ2) is 6.97. The first kappa shape index (κ1) is 17.2. The van der Waals surface area contributed by atoms with Gasteiger partial charge in [0, 0.05) is 38.2 Å². The minimum absolute atomic E-state index is 0.128. The average Bonchev–Trinajstić information content (AvgIpc) is 2.88. The maximum Gasteiger partial charge on any atom is 0.312 e. The van der Waals surface area contributed by atoms with Crippen LogP contribution in [-0.2, 0) is 4.74 Å². The van der Waals surface area contributed by atoms with E-state index in [-0.39, 0.29) is 5.56 Å². The third-order valence-electron chi connectivity index (χ3n) is 3.93. The summed E-state index contributed by atoms with van der Waals surface area (Å²) in [5, 5.41) is 21.2. The SMILES string of the molecule is COCCN1C[C@@H](NC(N)=O)[C@H](c2cc(F)c(O)c(O)c2F)C1. The number of carbonyl (C=O) groups is 1. The molecule has 0 radical (unpaired) electrons. The van der Waals surface area contributed by atoms with Crippen LogP contribution in [0.1, 0.15) is 11.5 Å². The van der Waals surface area contributed by atoms with Gasteiger partial charge in [-0.2, -0.15) is 0 Å². The van der Waals surface area contributed by atoms with Gasteiger partial charge in [-0.15, -0.1) is 0 Å². The summed E-state index contributed by atoms with van der Waals surface area (Å²) in [6.45, 7) is 1.67. The van der Waals surface area contributed by atoms with Crippen LogP contribution in [0, 0.1) is 11.6 Å². The largest absolute Gasteiger partial charge is 0.502 e. The Hall–Kier alpha value is -2.13. The number of hydrogen-bond acceptors (Lipinski definition) is 5. The van der Waals surface area contributed by atoms with E-state index in [4.69, 9.17) is 10.5 Å². The monoisotopic (exact) mass is 331 g/mol. The summed E-state index contributed by atoms with van der Waals surface area (Å²) in [6, 6.07) is -0.510. The molecule has 1 aliphatic heterocycles. The Morgan fingerprint density at radius 1 is 1.43 bits per heavy atom. The highest BCUT2D eigenvalue weighted by Gasteiger charge is 2.37. The molecule has 0 bridgehead atoms. The number of nitrogens with two attached hydrogens (primary N) is 1. The van der Waals surface area contributed by atoms with E-state index in [1.165, 1.54) is 0 Å². The number of rotatable bonds is 5. The number of nitrogens with zero attached hydrogens (tertiary/aromatic N) is 1. The molecule has 128 valence electrons. The second-order valence-electron chi connectivity index (χ2n) is 5.43. The summed E-state index contributed by atoms with van der Waals surface area (Å²) in [7, 11) is 1.54. The zero-order chi connectivity index (χ0) is 17.1. The molecular formula is C14H19F2N3O4. The predicted octanol–water partition coefficient (Wildman–Crippen LogP) is 0.458. The maximum absolute atomic E-state index is 14.2. The molecule has 2 rings (SSSR count). The van der Waals surface area contributed by atoms with Gasteiger partial charge < -0.3 is 26.0 Å². The molecule has 0 saturated carbocycles. The van der Waals surface area contributed by atoms with Crippen LogP contribution in [0.2, 0.25) is 0 Å². The highest BCUT2D eigenvalue weighted by molar-refractivity contribution is 5.72. The third-order valence-corrected chi connectivity index (χ3v) is 3.93. The highest BCUT2D eigenvalue weighted by atomic mass is 19.1. The highest BCUT2D eigenvalue weighted by Crippen LogP contribution is 2.38. The van der Waals surface area contributed by atoms with Gasteiger partial charge in [-0.1, -0.05) is 0 Å². The Balaban J connectivity index is 2.32. The van der Waals surface area contributed by atoms with Gasteiger partial charge in [-0.25, -0.2) is 13.6 Å². The van der Waals surface area contributed by atoms with Crippen molar-refractivity contribution in [3.05, 3.63) is 23.3 Å². The summed E-state index contributed by atoms with van der Waals surface area (Å²) < 4.78 is 32.8. The Kier molecular flexibility index (Phi) is 5.22. The Labute approximate surface area is 131 Å². The minimum atomic E-state index is -1.15. The Morgan fingerprint density at radius 3 is 2.74 bits per heavy atom. The number of methoxy groups -OCH3 is 1. The first-order valence-electron chi connectivity index (χ1n) is 7.02. The van der Waals surface area contributed by atoms with Gasteiger partial charge in [0.05, 0.1) is 12.6 Å². The summed E-state index contributed by atoms with van der Waals surface area (Å²) in [6.07, 6.45) is 0. The van der Waals surface area contributed by atoms with Crippen LogP contribution in [0.3, 0.4) is 0 Å². The Morgan fingerprint density at radius 2 is 2.13 bits per heavy atom. The molecule has 9 heteroatoms. The number of benzene rings is 1. The molecule has 0 unspecified atom stereocenters. The molecule has 5 N–H and O–H groups in total. The number of ether oxygens (including phenoxy) is 1. The number of primary amides is 1. The van der Waals surface area contributed by atoms with E-state index >= 15 is 0 Å². The topological polar surface area (TPSA) is 108 Å². The lowest BCUT2D eigenvalue weighted by atomic mass is 9.93. The van der Waals surface area contributed by atoms with E-state index in [1.807, 2.05) is 4.90 Å². The van der Waals surface area contributed by atoms with Crippen molar-refractivity contribution in [1.29, 1.82) is 0 Å². The van der Waals surface area contributed by atoms with Gasteiger partial charge in [-0.05, 0) is 6.07 Å². The first-order valence-corrected chi connectivity index (χ1v) is 7.02. The van der Waals surface area contributed by atoms with Gasteiger partial charge in [0.1, 0.15) is 0 Å². The van der Waals surface area contributed by atoms with Crippen molar-refractivity contribution in [2.24, 2.45) is 5.73 Å². The van der Waals surface area contributed by atoms with E-state index < -0.39 is 41.1 Å². The number of halogens is 2. The quantitative estimate of drug-likeness (QED) is 0.586. The zero-order valence-electron chi connectivity index (χ0n) is 12.6. The normalized spacial score (nSPS) is 21.5. The van der Waals surface area contributed by atoms with Crippen molar-refractivity contribution in [2.45, 2.75) is 12.0 Å². The van der Waals surface area contributed by atoms with Gasteiger partial charge >= 0.3 is 6.03 Å². The fourth-order valence-electron chi connectivity index (χ4n) is 2.82. The number of phenols is 2. The summed E-state index contributed by atoms with van der Waals surface area (Å²) in [4.78, 5) is 13.0. The van der Waals surface area contributed by atoms with Crippen LogP contribution in [0.15, 0.2) is 6.07 Å². The molecule has 0 spiro atoms.